The van der Waals surface area contributed by atoms with Crippen LogP contribution in [0.4, 0.5) is 0 Å². The molecule has 82 valence electrons. The molecule has 15 heavy (non-hydrogen) atoms. The van der Waals surface area contributed by atoms with E-state index in [2.05, 4.69) is 12.1 Å². The van der Waals surface area contributed by atoms with Crippen LogP contribution in [0.2, 0.25) is 0 Å². The van der Waals surface area contributed by atoms with Crippen molar-refractivity contribution in [3.8, 4) is 12.1 Å². The summed E-state index contributed by atoms with van der Waals surface area (Å²) in [5, 5.41) is 17.2. The summed E-state index contributed by atoms with van der Waals surface area (Å²) in [5.41, 5.74) is -0.481. The van der Waals surface area contributed by atoms with Crippen LogP contribution < -0.4 is 0 Å². The number of rotatable bonds is 6. The smallest absolute Gasteiger partial charge is 0.136 e. The minimum atomic E-state index is -0.481. The van der Waals surface area contributed by atoms with Crippen molar-refractivity contribution in [1.29, 1.82) is 10.5 Å². The maximum Gasteiger partial charge on any atom is 0.136 e. The maximum absolute atomic E-state index is 11.7. The van der Waals surface area contributed by atoms with Crippen molar-refractivity contribution in [3.05, 3.63) is 0 Å². The van der Waals surface area contributed by atoms with Crippen molar-refractivity contribution in [1.82, 2.24) is 0 Å². The lowest BCUT2D eigenvalue weighted by Crippen LogP contribution is -2.34. The first kappa shape index (κ1) is 13.7. The van der Waals surface area contributed by atoms with Crippen LogP contribution >= 0.6 is 0 Å². The summed E-state index contributed by atoms with van der Waals surface area (Å²) >= 11 is 0. The molecule has 0 aliphatic heterocycles. The number of carbonyl (C=O) groups is 1. The SMILES string of the molecule is CC(=O)C(CCC#N)(CCC#N)C(C)C. The van der Waals surface area contributed by atoms with E-state index in [1.165, 1.54) is 0 Å². The number of Topliss-reactive ketones (excluding diaryl/α,β-unsaturated/α-hetero) is 1. The lowest BCUT2D eigenvalue weighted by molar-refractivity contribution is -0.130. The first-order valence-electron chi connectivity index (χ1n) is 5.26. The Hall–Kier alpha value is -1.35. The van der Waals surface area contributed by atoms with Gasteiger partial charge in [0.1, 0.15) is 5.78 Å². The quantitative estimate of drug-likeness (QED) is 0.671. The maximum atomic E-state index is 11.7. The number of hydrogen-bond donors (Lipinski definition) is 0. The van der Waals surface area contributed by atoms with E-state index in [1.54, 1.807) is 6.92 Å². The minimum Gasteiger partial charge on any atom is -0.299 e. The van der Waals surface area contributed by atoms with E-state index in [4.69, 9.17) is 10.5 Å². The predicted octanol–water partition coefficient (Wildman–Crippen LogP) is 2.83. The second-order valence-corrected chi connectivity index (χ2v) is 4.18. The lowest BCUT2D eigenvalue weighted by Gasteiger charge is -2.34. The molecule has 3 nitrogen and oxygen atoms in total. The molecule has 0 aliphatic carbocycles. The predicted molar refractivity (Wildman–Crippen MR) is 57.6 cm³/mol. The standard InChI is InChI=1S/C12H18N2O/c1-10(2)12(11(3)15,6-4-8-13)7-5-9-14/h10H,4-7H2,1-3H3. The van der Waals surface area contributed by atoms with E-state index in [0.717, 1.165) is 0 Å². The van der Waals surface area contributed by atoms with Crippen molar-refractivity contribution < 1.29 is 4.79 Å². The number of ketones is 1. The Morgan fingerprint density at radius 2 is 1.60 bits per heavy atom. The average Bonchev–Trinajstić information content (AvgIpc) is 2.17. The molecule has 0 amide bonds. The summed E-state index contributed by atoms with van der Waals surface area (Å²) in [6.45, 7) is 5.53. The molecular formula is C12H18N2O. The fourth-order valence-electron chi connectivity index (χ4n) is 2.02. The van der Waals surface area contributed by atoms with Crippen molar-refractivity contribution in [3.63, 3.8) is 0 Å². The topological polar surface area (TPSA) is 64.7 Å². The van der Waals surface area contributed by atoms with E-state index in [-0.39, 0.29) is 11.7 Å². The zero-order valence-corrected chi connectivity index (χ0v) is 9.71. The van der Waals surface area contributed by atoms with Gasteiger partial charge in [0.25, 0.3) is 0 Å². The van der Waals surface area contributed by atoms with Gasteiger partial charge in [0.05, 0.1) is 12.1 Å². The van der Waals surface area contributed by atoms with Gasteiger partial charge >= 0.3 is 0 Å². The van der Waals surface area contributed by atoms with Crippen LogP contribution in [0.5, 0.6) is 0 Å². The fourth-order valence-corrected chi connectivity index (χ4v) is 2.02. The molecule has 0 heterocycles. The van der Waals surface area contributed by atoms with Gasteiger partial charge in [-0.3, -0.25) is 4.79 Å². The van der Waals surface area contributed by atoms with Gasteiger partial charge < -0.3 is 0 Å². The van der Waals surface area contributed by atoms with E-state index in [0.29, 0.717) is 25.7 Å². The van der Waals surface area contributed by atoms with Gasteiger partial charge in [0, 0.05) is 18.3 Å². The molecule has 0 N–H and O–H groups in total. The molecule has 0 bridgehead atoms. The third kappa shape index (κ3) is 3.36. The molecular weight excluding hydrogens is 188 g/mol. The van der Waals surface area contributed by atoms with Gasteiger partial charge in [0.15, 0.2) is 0 Å². The zero-order valence-electron chi connectivity index (χ0n) is 9.71. The van der Waals surface area contributed by atoms with E-state index in [1.807, 2.05) is 13.8 Å². The second-order valence-electron chi connectivity index (χ2n) is 4.18. The number of nitrogens with zero attached hydrogens (tertiary/aromatic N) is 2. The summed E-state index contributed by atoms with van der Waals surface area (Å²) in [7, 11) is 0. The Kier molecular flexibility index (Phi) is 5.64. The van der Waals surface area contributed by atoms with E-state index < -0.39 is 5.41 Å². The van der Waals surface area contributed by atoms with Crippen molar-refractivity contribution in [2.24, 2.45) is 11.3 Å². The highest BCUT2D eigenvalue weighted by Crippen LogP contribution is 2.38. The Morgan fingerprint density at radius 1 is 1.20 bits per heavy atom. The minimum absolute atomic E-state index is 0.100. The summed E-state index contributed by atoms with van der Waals surface area (Å²) in [6.07, 6.45) is 1.89. The van der Waals surface area contributed by atoms with Crippen LogP contribution in [0, 0.1) is 34.0 Å². The molecule has 0 aromatic rings. The molecule has 3 heteroatoms. The third-order valence-electron chi connectivity index (χ3n) is 3.17. The number of nitriles is 2. The summed E-state index contributed by atoms with van der Waals surface area (Å²) < 4.78 is 0. The first-order chi connectivity index (χ1) is 7.01. The van der Waals surface area contributed by atoms with Crippen LogP contribution in [0.1, 0.15) is 46.5 Å². The van der Waals surface area contributed by atoms with Gasteiger partial charge in [-0.2, -0.15) is 10.5 Å². The highest BCUT2D eigenvalue weighted by atomic mass is 16.1. The third-order valence-corrected chi connectivity index (χ3v) is 3.17. The molecule has 0 saturated carbocycles. The lowest BCUT2D eigenvalue weighted by atomic mass is 9.68. The molecule has 0 unspecified atom stereocenters. The fraction of sp³-hybridized carbons (Fsp3) is 0.750. The van der Waals surface area contributed by atoms with Crippen LogP contribution in [-0.2, 0) is 4.79 Å². The Morgan fingerprint density at radius 3 is 1.80 bits per heavy atom. The van der Waals surface area contributed by atoms with Crippen LogP contribution in [0.3, 0.4) is 0 Å². The van der Waals surface area contributed by atoms with Gasteiger partial charge in [-0.05, 0) is 25.7 Å². The summed E-state index contributed by atoms with van der Waals surface area (Å²) in [5.74, 6) is 0.278. The molecule has 0 aromatic heterocycles. The van der Waals surface area contributed by atoms with Crippen molar-refractivity contribution in [2.45, 2.75) is 46.5 Å². The highest BCUT2D eigenvalue weighted by Gasteiger charge is 2.37. The normalized spacial score (nSPS) is 10.8. The molecule has 0 radical (unpaired) electrons. The Labute approximate surface area is 91.7 Å². The number of carbonyl (C=O) groups excluding carboxylic acids is 1. The Balaban J connectivity index is 4.84. The Bertz CT molecular complexity index is 276. The van der Waals surface area contributed by atoms with Crippen molar-refractivity contribution in [2.75, 3.05) is 0 Å². The second kappa shape index (κ2) is 6.19. The zero-order chi connectivity index (χ0) is 11.9. The van der Waals surface area contributed by atoms with Crippen molar-refractivity contribution >= 4 is 5.78 Å². The number of hydrogen-bond acceptors (Lipinski definition) is 3. The first-order valence-corrected chi connectivity index (χ1v) is 5.26. The molecule has 0 aromatic carbocycles. The molecule has 0 saturated heterocycles. The molecule has 0 aliphatic rings. The molecule has 0 spiro atoms. The van der Waals surface area contributed by atoms with Gasteiger partial charge in [-0.15, -0.1) is 0 Å². The molecule has 0 fully saturated rings. The molecule has 0 rings (SSSR count). The summed E-state index contributed by atoms with van der Waals surface area (Å²) in [6, 6.07) is 4.15. The van der Waals surface area contributed by atoms with Gasteiger partial charge in [-0.1, -0.05) is 13.8 Å². The van der Waals surface area contributed by atoms with Gasteiger partial charge in [0.2, 0.25) is 0 Å². The van der Waals surface area contributed by atoms with E-state index >= 15 is 0 Å². The highest BCUT2D eigenvalue weighted by molar-refractivity contribution is 5.82. The van der Waals surface area contributed by atoms with E-state index in [9.17, 15) is 4.79 Å². The molecule has 0 atom stereocenters. The van der Waals surface area contributed by atoms with Crippen LogP contribution in [0.25, 0.3) is 0 Å². The van der Waals surface area contributed by atoms with Gasteiger partial charge in [-0.25, -0.2) is 0 Å². The largest absolute Gasteiger partial charge is 0.299 e. The monoisotopic (exact) mass is 206 g/mol. The summed E-state index contributed by atoms with van der Waals surface area (Å²) in [4.78, 5) is 11.7. The van der Waals surface area contributed by atoms with Crippen LogP contribution in [0.15, 0.2) is 0 Å². The van der Waals surface area contributed by atoms with Crippen LogP contribution in [-0.4, -0.2) is 5.78 Å². The average molecular weight is 206 g/mol.